The topological polar surface area (TPSA) is 51.2 Å². The smallest absolute Gasteiger partial charge is 0.254 e. The van der Waals surface area contributed by atoms with Crippen molar-refractivity contribution in [2.45, 2.75) is 31.9 Å². The predicted octanol–water partition coefficient (Wildman–Crippen LogP) is 2.17. The van der Waals surface area contributed by atoms with Crippen LogP contribution >= 0.6 is 11.6 Å². The van der Waals surface area contributed by atoms with Crippen LogP contribution in [-0.2, 0) is 4.74 Å². The summed E-state index contributed by atoms with van der Waals surface area (Å²) in [6, 6.07) is 0.937. The molecule has 1 saturated heterocycles. The van der Waals surface area contributed by atoms with Crippen molar-refractivity contribution >= 4 is 17.5 Å². The third-order valence-electron chi connectivity index (χ3n) is 2.93. The Morgan fingerprint density at radius 3 is 3.17 bits per heavy atom. The van der Waals surface area contributed by atoms with Crippen LogP contribution in [0.3, 0.4) is 0 Å². The molecule has 1 aromatic rings. The van der Waals surface area contributed by atoms with Crippen LogP contribution in [0.25, 0.3) is 0 Å². The van der Waals surface area contributed by atoms with E-state index in [2.05, 4.69) is 10.3 Å². The number of carbonyl (C=O) groups excluding carboxylic acids is 1. The van der Waals surface area contributed by atoms with Gasteiger partial charge in [0.05, 0.1) is 23.9 Å². The molecule has 1 aliphatic rings. The van der Waals surface area contributed by atoms with Gasteiger partial charge in [-0.05, 0) is 25.8 Å². The van der Waals surface area contributed by atoms with Gasteiger partial charge in [-0.25, -0.2) is 9.37 Å². The van der Waals surface area contributed by atoms with Crippen LogP contribution in [-0.4, -0.2) is 29.6 Å². The lowest BCUT2D eigenvalue weighted by Gasteiger charge is -2.20. The van der Waals surface area contributed by atoms with E-state index in [0.29, 0.717) is 6.61 Å². The standard InChI is InChI=1S/C12H14ClFN2O2/c1-7(10-3-2-4-18-10)16-12(17)9-5-8(14)6-15-11(9)13/h5-7,10H,2-4H2,1H3,(H,16,17). The number of aromatic nitrogens is 1. The van der Waals surface area contributed by atoms with Crippen molar-refractivity contribution in [1.82, 2.24) is 10.3 Å². The molecule has 18 heavy (non-hydrogen) atoms. The second-order valence-corrected chi connectivity index (χ2v) is 4.66. The normalized spacial score (nSPS) is 20.7. The molecule has 2 rings (SSSR count). The summed E-state index contributed by atoms with van der Waals surface area (Å²) < 4.78 is 18.5. The van der Waals surface area contributed by atoms with Crippen molar-refractivity contribution in [1.29, 1.82) is 0 Å². The van der Waals surface area contributed by atoms with Gasteiger partial charge >= 0.3 is 0 Å². The van der Waals surface area contributed by atoms with Gasteiger partial charge in [-0.1, -0.05) is 11.6 Å². The van der Waals surface area contributed by atoms with Gasteiger partial charge in [-0.3, -0.25) is 4.79 Å². The van der Waals surface area contributed by atoms with Gasteiger partial charge in [0.2, 0.25) is 0 Å². The molecular weight excluding hydrogens is 259 g/mol. The zero-order valence-electron chi connectivity index (χ0n) is 9.95. The molecule has 1 fully saturated rings. The maximum Gasteiger partial charge on any atom is 0.254 e. The summed E-state index contributed by atoms with van der Waals surface area (Å²) in [5.74, 6) is -1.02. The summed E-state index contributed by atoms with van der Waals surface area (Å²) in [6.07, 6.45) is 2.89. The molecule has 1 aromatic heterocycles. The van der Waals surface area contributed by atoms with Crippen molar-refractivity contribution in [2.24, 2.45) is 0 Å². The molecule has 1 N–H and O–H groups in total. The van der Waals surface area contributed by atoms with E-state index in [-0.39, 0.29) is 22.9 Å². The van der Waals surface area contributed by atoms with Crippen LogP contribution in [0.5, 0.6) is 0 Å². The summed E-state index contributed by atoms with van der Waals surface area (Å²) in [6.45, 7) is 2.57. The zero-order valence-corrected chi connectivity index (χ0v) is 10.7. The Hall–Kier alpha value is -1.20. The van der Waals surface area contributed by atoms with Crippen molar-refractivity contribution in [3.63, 3.8) is 0 Å². The average Bonchev–Trinajstić information content (AvgIpc) is 2.85. The molecule has 0 aliphatic carbocycles. The van der Waals surface area contributed by atoms with Crippen LogP contribution in [0, 0.1) is 5.82 Å². The van der Waals surface area contributed by atoms with Gasteiger partial charge in [0.25, 0.3) is 5.91 Å². The van der Waals surface area contributed by atoms with E-state index in [4.69, 9.17) is 16.3 Å². The minimum absolute atomic E-state index is 0.00607. The third-order valence-corrected chi connectivity index (χ3v) is 3.23. The van der Waals surface area contributed by atoms with E-state index in [1.165, 1.54) is 0 Å². The summed E-state index contributed by atoms with van der Waals surface area (Å²) in [5, 5.41) is 2.75. The first-order valence-corrected chi connectivity index (χ1v) is 6.19. The average molecular weight is 273 g/mol. The monoisotopic (exact) mass is 272 g/mol. The summed E-state index contributed by atoms with van der Waals surface area (Å²) in [5.41, 5.74) is 0.0431. The molecule has 0 aromatic carbocycles. The second-order valence-electron chi connectivity index (χ2n) is 4.31. The molecule has 0 radical (unpaired) electrons. The second kappa shape index (κ2) is 5.63. The molecular formula is C12H14ClFN2O2. The highest BCUT2D eigenvalue weighted by Crippen LogP contribution is 2.17. The predicted molar refractivity (Wildman–Crippen MR) is 65.1 cm³/mol. The van der Waals surface area contributed by atoms with Crippen LogP contribution < -0.4 is 5.32 Å². The molecule has 2 heterocycles. The number of rotatable bonds is 3. The van der Waals surface area contributed by atoms with Gasteiger partial charge in [0, 0.05) is 6.61 Å². The van der Waals surface area contributed by atoms with E-state index in [0.717, 1.165) is 25.1 Å². The van der Waals surface area contributed by atoms with E-state index < -0.39 is 11.7 Å². The van der Waals surface area contributed by atoms with Crippen molar-refractivity contribution in [3.8, 4) is 0 Å². The first kappa shape index (κ1) is 13.2. The van der Waals surface area contributed by atoms with Crippen LogP contribution in [0.4, 0.5) is 4.39 Å². The highest BCUT2D eigenvalue weighted by molar-refractivity contribution is 6.32. The largest absolute Gasteiger partial charge is 0.376 e. The highest BCUT2D eigenvalue weighted by Gasteiger charge is 2.24. The van der Waals surface area contributed by atoms with Crippen molar-refractivity contribution in [2.75, 3.05) is 6.61 Å². The number of pyridine rings is 1. The molecule has 0 spiro atoms. The zero-order chi connectivity index (χ0) is 13.1. The molecule has 2 unspecified atom stereocenters. The van der Waals surface area contributed by atoms with Gasteiger partial charge in [0.1, 0.15) is 11.0 Å². The maximum atomic E-state index is 13.0. The van der Waals surface area contributed by atoms with Crippen LogP contribution in [0.15, 0.2) is 12.3 Å². The lowest BCUT2D eigenvalue weighted by atomic mass is 10.1. The Morgan fingerprint density at radius 1 is 1.72 bits per heavy atom. The fraction of sp³-hybridized carbons (Fsp3) is 0.500. The summed E-state index contributed by atoms with van der Waals surface area (Å²) in [7, 11) is 0. The van der Waals surface area contributed by atoms with Crippen LogP contribution in [0.1, 0.15) is 30.1 Å². The summed E-state index contributed by atoms with van der Waals surface area (Å²) >= 11 is 5.76. The number of ether oxygens (including phenoxy) is 1. The van der Waals surface area contributed by atoms with E-state index in [9.17, 15) is 9.18 Å². The Bertz CT molecular complexity index is 450. The van der Waals surface area contributed by atoms with Gasteiger partial charge in [0.15, 0.2) is 0 Å². The molecule has 0 bridgehead atoms. The quantitative estimate of drug-likeness (QED) is 0.858. The molecule has 4 nitrogen and oxygen atoms in total. The molecule has 1 amide bonds. The van der Waals surface area contributed by atoms with Gasteiger partial charge in [-0.15, -0.1) is 0 Å². The minimum Gasteiger partial charge on any atom is -0.376 e. The molecule has 6 heteroatoms. The molecule has 1 aliphatic heterocycles. The van der Waals surface area contributed by atoms with Gasteiger partial charge < -0.3 is 10.1 Å². The minimum atomic E-state index is -0.589. The number of hydrogen-bond acceptors (Lipinski definition) is 3. The van der Waals surface area contributed by atoms with Gasteiger partial charge in [-0.2, -0.15) is 0 Å². The van der Waals surface area contributed by atoms with Crippen molar-refractivity contribution in [3.05, 3.63) is 28.8 Å². The Labute approximate surface area is 109 Å². The fourth-order valence-electron chi connectivity index (χ4n) is 1.96. The molecule has 0 saturated carbocycles. The maximum absolute atomic E-state index is 13.0. The van der Waals surface area contributed by atoms with E-state index in [1.807, 2.05) is 6.92 Å². The Kier molecular flexibility index (Phi) is 4.14. The SMILES string of the molecule is CC(NC(=O)c1cc(F)cnc1Cl)C1CCCO1. The fourth-order valence-corrected chi connectivity index (χ4v) is 2.15. The lowest BCUT2D eigenvalue weighted by Crippen LogP contribution is -2.41. The number of amides is 1. The van der Waals surface area contributed by atoms with Crippen molar-refractivity contribution < 1.29 is 13.9 Å². The van der Waals surface area contributed by atoms with E-state index in [1.54, 1.807) is 0 Å². The summed E-state index contributed by atoms with van der Waals surface area (Å²) in [4.78, 5) is 15.5. The number of nitrogens with one attached hydrogen (secondary N) is 1. The van der Waals surface area contributed by atoms with Crippen LogP contribution in [0.2, 0.25) is 5.15 Å². The third kappa shape index (κ3) is 2.97. The number of hydrogen-bond donors (Lipinski definition) is 1. The highest BCUT2D eigenvalue weighted by atomic mass is 35.5. The molecule has 2 atom stereocenters. The lowest BCUT2D eigenvalue weighted by molar-refractivity contribution is 0.0712. The Balaban J connectivity index is 2.04. The Morgan fingerprint density at radius 2 is 2.50 bits per heavy atom. The first-order chi connectivity index (χ1) is 8.58. The van der Waals surface area contributed by atoms with E-state index >= 15 is 0 Å². The number of nitrogens with zero attached hydrogens (tertiary/aromatic N) is 1. The molecule has 98 valence electrons. The number of halogens is 2. The number of carbonyl (C=O) groups is 1. The first-order valence-electron chi connectivity index (χ1n) is 5.81.